The zero-order valence-electron chi connectivity index (χ0n) is 16.8. The third-order valence-corrected chi connectivity index (χ3v) is 6.08. The fourth-order valence-corrected chi connectivity index (χ4v) is 4.49. The van der Waals surface area contributed by atoms with Crippen LogP contribution in [-0.4, -0.2) is 60.1 Å². The van der Waals surface area contributed by atoms with E-state index < -0.39 is 42.5 Å². The molecule has 1 aliphatic heterocycles. The van der Waals surface area contributed by atoms with E-state index in [1.165, 1.54) is 13.2 Å². The molecular weight excluding hydrogens is 370 g/mol. The molecule has 2 N–H and O–H groups in total. The highest BCUT2D eigenvalue weighted by molar-refractivity contribution is 5.81. The third kappa shape index (κ3) is 5.97. The summed E-state index contributed by atoms with van der Waals surface area (Å²) < 4.78 is 39.3. The number of aliphatic hydroxyl groups excluding tert-OH is 2. The molecule has 1 saturated carbocycles. The molecule has 0 aromatic rings. The number of halogens is 2. The normalized spacial score (nSPS) is 34.5. The van der Waals surface area contributed by atoms with Gasteiger partial charge in [-0.2, -0.15) is 0 Å². The summed E-state index contributed by atoms with van der Waals surface area (Å²) >= 11 is 0. The highest BCUT2D eigenvalue weighted by Gasteiger charge is 2.54. The van der Waals surface area contributed by atoms with Gasteiger partial charge in [-0.25, -0.2) is 13.6 Å². The standard InChI is InChI=1S/C21H34F2O5/c1-3-4-7-14(22)15(24)11-10-13-16(25)12-18-20(13)21(23)17(28-18)8-5-6-9-19(26)27-2/h6,9,13-18,20-21,24-25H,3-5,7-8,10-12H2,1-2H3/t13-,14-,15+,16+,17?,18+,20+,21+/m0/s1. The van der Waals surface area contributed by atoms with Crippen molar-refractivity contribution in [2.24, 2.45) is 11.8 Å². The summed E-state index contributed by atoms with van der Waals surface area (Å²) in [6.07, 6.45) is 1.61. The van der Waals surface area contributed by atoms with E-state index in [9.17, 15) is 23.8 Å². The molecule has 5 nitrogen and oxygen atoms in total. The molecule has 2 fully saturated rings. The molecule has 28 heavy (non-hydrogen) atoms. The lowest BCUT2D eigenvalue weighted by atomic mass is 9.84. The number of esters is 1. The monoisotopic (exact) mass is 404 g/mol. The molecule has 0 amide bonds. The largest absolute Gasteiger partial charge is 0.466 e. The maximum atomic E-state index is 15.0. The molecule has 0 spiro atoms. The first-order valence-corrected chi connectivity index (χ1v) is 10.4. The Morgan fingerprint density at radius 2 is 2.11 bits per heavy atom. The fraction of sp³-hybridized carbons (Fsp3) is 0.857. The number of carbonyl (C=O) groups excluding carboxylic acids is 1. The number of rotatable bonds is 11. The summed E-state index contributed by atoms with van der Waals surface area (Å²) in [6, 6.07) is 0. The van der Waals surface area contributed by atoms with Gasteiger partial charge < -0.3 is 19.7 Å². The van der Waals surface area contributed by atoms with Crippen LogP contribution in [0.4, 0.5) is 8.78 Å². The van der Waals surface area contributed by atoms with Crippen LogP contribution in [0.3, 0.4) is 0 Å². The van der Waals surface area contributed by atoms with Crippen molar-refractivity contribution in [1.82, 2.24) is 0 Å². The molecule has 8 atom stereocenters. The van der Waals surface area contributed by atoms with E-state index in [-0.39, 0.29) is 18.4 Å². The molecule has 1 unspecified atom stereocenters. The van der Waals surface area contributed by atoms with Crippen molar-refractivity contribution in [3.8, 4) is 0 Å². The summed E-state index contributed by atoms with van der Waals surface area (Å²) in [6.45, 7) is 1.97. The van der Waals surface area contributed by atoms with E-state index in [4.69, 9.17) is 4.74 Å². The molecule has 2 aliphatic rings. The van der Waals surface area contributed by atoms with Gasteiger partial charge in [-0.3, -0.25) is 0 Å². The summed E-state index contributed by atoms with van der Waals surface area (Å²) in [4.78, 5) is 11.1. The quantitative estimate of drug-likeness (QED) is 0.408. The second-order valence-corrected chi connectivity index (χ2v) is 8.01. The number of hydrogen-bond donors (Lipinski definition) is 2. The third-order valence-electron chi connectivity index (χ3n) is 6.08. The molecule has 162 valence electrons. The van der Waals surface area contributed by atoms with E-state index in [0.717, 1.165) is 12.8 Å². The Labute approximate surface area is 166 Å². The molecule has 1 heterocycles. The van der Waals surface area contributed by atoms with Crippen LogP contribution in [0.2, 0.25) is 0 Å². The van der Waals surface area contributed by atoms with Crippen molar-refractivity contribution in [1.29, 1.82) is 0 Å². The highest BCUT2D eigenvalue weighted by atomic mass is 19.1. The topological polar surface area (TPSA) is 76.0 Å². The number of ether oxygens (including phenoxy) is 2. The van der Waals surface area contributed by atoms with Crippen molar-refractivity contribution in [2.75, 3.05) is 7.11 Å². The van der Waals surface area contributed by atoms with Crippen LogP contribution in [0.15, 0.2) is 12.2 Å². The lowest BCUT2D eigenvalue weighted by molar-refractivity contribution is -0.134. The van der Waals surface area contributed by atoms with Gasteiger partial charge in [-0.05, 0) is 38.0 Å². The Morgan fingerprint density at radius 1 is 1.36 bits per heavy atom. The first-order chi connectivity index (χ1) is 13.4. The summed E-state index contributed by atoms with van der Waals surface area (Å²) in [5.74, 6) is -1.21. The van der Waals surface area contributed by atoms with Crippen molar-refractivity contribution in [2.45, 2.75) is 95.0 Å². The number of allylic oxidation sites excluding steroid dienone is 1. The van der Waals surface area contributed by atoms with E-state index in [1.54, 1.807) is 6.08 Å². The van der Waals surface area contributed by atoms with Crippen LogP contribution < -0.4 is 0 Å². The van der Waals surface area contributed by atoms with E-state index in [2.05, 4.69) is 4.74 Å². The number of methoxy groups -OCH3 is 1. The van der Waals surface area contributed by atoms with Crippen LogP contribution in [0.5, 0.6) is 0 Å². The van der Waals surface area contributed by atoms with Crippen LogP contribution in [0.25, 0.3) is 0 Å². The maximum absolute atomic E-state index is 15.0. The molecule has 2 rings (SSSR count). The minimum atomic E-state index is -1.27. The van der Waals surface area contributed by atoms with Gasteiger partial charge in [0.2, 0.25) is 0 Å². The summed E-state index contributed by atoms with van der Waals surface area (Å²) in [5, 5.41) is 20.3. The predicted octanol–water partition coefficient (Wildman–Crippen LogP) is 3.27. The van der Waals surface area contributed by atoms with E-state index in [1.807, 2.05) is 6.92 Å². The molecule has 0 aromatic heterocycles. The second kappa shape index (κ2) is 11.2. The van der Waals surface area contributed by atoms with Gasteiger partial charge in [-0.1, -0.05) is 25.8 Å². The Bertz CT molecular complexity index is 515. The second-order valence-electron chi connectivity index (χ2n) is 8.01. The number of unbranched alkanes of at least 4 members (excludes halogenated alkanes) is 1. The lowest BCUT2D eigenvalue weighted by Crippen LogP contribution is -2.32. The van der Waals surface area contributed by atoms with Gasteiger partial charge in [-0.15, -0.1) is 0 Å². The Balaban J connectivity index is 1.84. The number of carbonyl (C=O) groups is 1. The SMILES string of the molecule is CCCC[C@H](F)[C@H](O)CC[C@@H]1[C@H]2[C@H](F)C(CCC=CC(=O)OC)O[C@@H]2C[C@H]1O. The van der Waals surface area contributed by atoms with Crippen molar-refractivity contribution >= 4 is 5.97 Å². The van der Waals surface area contributed by atoms with E-state index >= 15 is 0 Å². The van der Waals surface area contributed by atoms with Crippen LogP contribution in [0.1, 0.15) is 58.3 Å². The molecule has 0 bridgehead atoms. The Morgan fingerprint density at radius 3 is 2.79 bits per heavy atom. The zero-order chi connectivity index (χ0) is 20.7. The molecule has 1 aliphatic carbocycles. The molecule has 1 saturated heterocycles. The number of fused-ring (bicyclic) bond motifs is 1. The fourth-order valence-electron chi connectivity index (χ4n) is 4.49. The summed E-state index contributed by atoms with van der Waals surface area (Å²) in [5.41, 5.74) is 0. The molecule has 7 heteroatoms. The molecule has 0 radical (unpaired) electrons. The van der Waals surface area contributed by atoms with Gasteiger partial charge in [0.1, 0.15) is 12.3 Å². The average Bonchev–Trinajstić information content (AvgIpc) is 3.15. The minimum Gasteiger partial charge on any atom is -0.466 e. The number of aliphatic hydroxyl groups is 2. The van der Waals surface area contributed by atoms with Gasteiger partial charge in [0.05, 0.1) is 31.5 Å². The van der Waals surface area contributed by atoms with Crippen LogP contribution in [0, 0.1) is 11.8 Å². The average molecular weight is 404 g/mol. The Kier molecular flexibility index (Phi) is 9.31. The van der Waals surface area contributed by atoms with Crippen molar-refractivity contribution in [3.05, 3.63) is 12.2 Å². The maximum Gasteiger partial charge on any atom is 0.330 e. The number of alkyl halides is 2. The van der Waals surface area contributed by atoms with Gasteiger partial charge in [0, 0.05) is 18.4 Å². The van der Waals surface area contributed by atoms with Gasteiger partial charge in [0.25, 0.3) is 0 Å². The lowest BCUT2D eigenvalue weighted by Gasteiger charge is -2.25. The van der Waals surface area contributed by atoms with Gasteiger partial charge >= 0.3 is 5.97 Å². The zero-order valence-corrected chi connectivity index (χ0v) is 16.8. The van der Waals surface area contributed by atoms with Crippen LogP contribution >= 0.6 is 0 Å². The van der Waals surface area contributed by atoms with Crippen LogP contribution in [-0.2, 0) is 14.3 Å². The number of hydrogen-bond acceptors (Lipinski definition) is 5. The van der Waals surface area contributed by atoms with Crippen molar-refractivity contribution < 1.29 is 33.3 Å². The smallest absolute Gasteiger partial charge is 0.330 e. The first-order valence-electron chi connectivity index (χ1n) is 10.4. The predicted molar refractivity (Wildman–Crippen MR) is 101 cm³/mol. The van der Waals surface area contributed by atoms with Gasteiger partial charge in [0.15, 0.2) is 0 Å². The highest BCUT2D eigenvalue weighted by Crippen LogP contribution is 2.47. The molecule has 0 aromatic carbocycles. The first kappa shape index (κ1) is 23.2. The Hall–Kier alpha value is -1.05. The summed E-state index contributed by atoms with van der Waals surface area (Å²) in [7, 11) is 1.29. The van der Waals surface area contributed by atoms with Crippen molar-refractivity contribution in [3.63, 3.8) is 0 Å². The minimum absolute atomic E-state index is 0.217. The molecular formula is C21H34F2O5. The van der Waals surface area contributed by atoms with E-state index in [0.29, 0.717) is 32.1 Å².